The number of halogens is 5. The highest BCUT2D eigenvalue weighted by Crippen LogP contribution is 2.22. The van der Waals surface area contributed by atoms with E-state index in [-0.39, 0.29) is 24.8 Å². The third kappa shape index (κ3) is 6.70. The SMILES string of the molecule is CC(NCCCC(F)(F)F)c1cccc(OC(F)F)c1. The molecule has 1 atom stereocenters. The summed E-state index contributed by atoms with van der Waals surface area (Å²) < 4.78 is 64.3. The molecular formula is C13H16F5NO. The lowest BCUT2D eigenvalue weighted by Gasteiger charge is -2.15. The first-order valence-electron chi connectivity index (χ1n) is 6.13. The van der Waals surface area contributed by atoms with E-state index in [9.17, 15) is 22.0 Å². The average Bonchev–Trinajstić information content (AvgIpc) is 2.32. The number of hydrogen-bond acceptors (Lipinski definition) is 2. The second-order valence-corrected chi connectivity index (χ2v) is 4.35. The van der Waals surface area contributed by atoms with Crippen molar-refractivity contribution in [1.29, 1.82) is 0 Å². The van der Waals surface area contributed by atoms with Crippen molar-refractivity contribution < 1.29 is 26.7 Å². The van der Waals surface area contributed by atoms with E-state index in [0.717, 1.165) is 0 Å². The molecule has 0 aliphatic rings. The molecule has 2 nitrogen and oxygen atoms in total. The highest BCUT2D eigenvalue weighted by Gasteiger charge is 2.25. The van der Waals surface area contributed by atoms with Gasteiger partial charge in [0.2, 0.25) is 0 Å². The maximum Gasteiger partial charge on any atom is 0.389 e. The fourth-order valence-corrected chi connectivity index (χ4v) is 1.69. The molecule has 0 amide bonds. The van der Waals surface area contributed by atoms with Crippen molar-refractivity contribution in [2.75, 3.05) is 6.54 Å². The van der Waals surface area contributed by atoms with Crippen LogP contribution in [0.1, 0.15) is 31.4 Å². The Morgan fingerprint density at radius 1 is 1.25 bits per heavy atom. The van der Waals surface area contributed by atoms with Crippen LogP contribution in [0.15, 0.2) is 24.3 Å². The molecule has 0 radical (unpaired) electrons. The minimum atomic E-state index is -4.16. The van der Waals surface area contributed by atoms with Crippen molar-refractivity contribution in [3.8, 4) is 5.75 Å². The molecule has 0 saturated heterocycles. The zero-order chi connectivity index (χ0) is 15.2. The average molecular weight is 297 g/mol. The largest absolute Gasteiger partial charge is 0.435 e. The van der Waals surface area contributed by atoms with Crippen LogP contribution in [0.25, 0.3) is 0 Å². The molecule has 1 aromatic carbocycles. The normalized spacial score (nSPS) is 13.6. The third-order valence-electron chi connectivity index (χ3n) is 2.67. The van der Waals surface area contributed by atoms with Crippen LogP contribution in [0.4, 0.5) is 22.0 Å². The second-order valence-electron chi connectivity index (χ2n) is 4.35. The molecule has 1 aromatic rings. The Morgan fingerprint density at radius 3 is 2.55 bits per heavy atom. The first-order valence-corrected chi connectivity index (χ1v) is 6.13. The van der Waals surface area contributed by atoms with Crippen molar-refractivity contribution in [3.05, 3.63) is 29.8 Å². The Bertz CT molecular complexity index is 408. The predicted octanol–water partition coefficient (Wildman–Crippen LogP) is 4.28. The fourth-order valence-electron chi connectivity index (χ4n) is 1.69. The summed E-state index contributed by atoms with van der Waals surface area (Å²) in [5.74, 6) is 0.0291. The third-order valence-corrected chi connectivity index (χ3v) is 2.67. The molecule has 1 unspecified atom stereocenters. The Kier molecular flexibility index (Phi) is 6.19. The van der Waals surface area contributed by atoms with Gasteiger partial charge >= 0.3 is 12.8 Å². The molecule has 0 bridgehead atoms. The summed E-state index contributed by atoms with van der Waals surface area (Å²) in [6.07, 6.45) is -5.03. The van der Waals surface area contributed by atoms with Gasteiger partial charge in [0, 0.05) is 12.5 Å². The molecule has 0 heterocycles. The van der Waals surface area contributed by atoms with Crippen molar-refractivity contribution in [3.63, 3.8) is 0 Å². The van der Waals surface area contributed by atoms with Crippen LogP contribution < -0.4 is 10.1 Å². The number of benzene rings is 1. The molecular weight excluding hydrogens is 281 g/mol. The van der Waals surface area contributed by atoms with Crippen molar-refractivity contribution >= 4 is 0 Å². The highest BCUT2D eigenvalue weighted by atomic mass is 19.4. The van der Waals surface area contributed by atoms with E-state index in [2.05, 4.69) is 10.1 Å². The molecule has 20 heavy (non-hydrogen) atoms. The Labute approximate surface area is 113 Å². The van der Waals surface area contributed by atoms with Gasteiger partial charge in [-0.3, -0.25) is 0 Å². The van der Waals surface area contributed by atoms with Crippen LogP contribution in [0.2, 0.25) is 0 Å². The number of nitrogens with one attached hydrogen (secondary N) is 1. The number of ether oxygens (including phenoxy) is 1. The zero-order valence-electron chi connectivity index (χ0n) is 10.9. The van der Waals surface area contributed by atoms with E-state index in [4.69, 9.17) is 0 Å². The van der Waals surface area contributed by atoms with E-state index >= 15 is 0 Å². The van der Waals surface area contributed by atoms with E-state index in [1.807, 2.05) is 0 Å². The molecule has 114 valence electrons. The molecule has 1 N–H and O–H groups in total. The Hall–Kier alpha value is -1.37. The summed E-state index contributed by atoms with van der Waals surface area (Å²) >= 11 is 0. The quantitative estimate of drug-likeness (QED) is 0.599. The second kappa shape index (κ2) is 7.42. The smallest absolute Gasteiger partial charge is 0.389 e. The predicted molar refractivity (Wildman–Crippen MR) is 64.8 cm³/mol. The standard InChI is InChI=1S/C13H16F5NO/c1-9(19-7-3-6-13(16,17)18)10-4-2-5-11(8-10)20-12(14)15/h2,4-5,8-9,12,19H,3,6-7H2,1H3. The van der Waals surface area contributed by atoms with Gasteiger partial charge in [-0.05, 0) is 37.6 Å². The lowest BCUT2D eigenvalue weighted by molar-refractivity contribution is -0.135. The van der Waals surface area contributed by atoms with Crippen LogP contribution in [0.5, 0.6) is 5.75 Å². The van der Waals surface area contributed by atoms with Crippen LogP contribution in [-0.4, -0.2) is 19.3 Å². The van der Waals surface area contributed by atoms with Gasteiger partial charge in [0.1, 0.15) is 5.75 Å². The molecule has 0 aromatic heterocycles. The van der Waals surface area contributed by atoms with Gasteiger partial charge in [0.05, 0.1) is 0 Å². The van der Waals surface area contributed by atoms with Crippen molar-refractivity contribution in [2.24, 2.45) is 0 Å². The first kappa shape index (κ1) is 16.7. The van der Waals surface area contributed by atoms with Crippen molar-refractivity contribution in [1.82, 2.24) is 5.32 Å². The van der Waals surface area contributed by atoms with Crippen LogP contribution >= 0.6 is 0 Å². The van der Waals surface area contributed by atoms with Gasteiger partial charge in [-0.2, -0.15) is 22.0 Å². The molecule has 0 saturated carbocycles. The molecule has 1 rings (SSSR count). The molecule has 0 fully saturated rings. The van der Waals surface area contributed by atoms with Gasteiger partial charge in [-0.1, -0.05) is 12.1 Å². The van der Waals surface area contributed by atoms with Gasteiger partial charge in [-0.15, -0.1) is 0 Å². The maximum absolute atomic E-state index is 12.1. The minimum Gasteiger partial charge on any atom is -0.435 e. The van der Waals surface area contributed by atoms with Crippen LogP contribution in [0.3, 0.4) is 0 Å². The van der Waals surface area contributed by atoms with E-state index in [0.29, 0.717) is 5.56 Å². The lowest BCUT2D eigenvalue weighted by atomic mass is 10.1. The van der Waals surface area contributed by atoms with Gasteiger partial charge in [-0.25, -0.2) is 0 Å². The van der Waals surface area contributed by atoms with E-state index < -0.39 is 19.2 Å². The van der Waals surface area contributed by atoms with Gasteiger partial charge in [0.25, 0.3) is 0 Å². The topological polar surface area (TPSA) is 21.3 Å². The number of alkyl halides is 5. The molecule has 0 aliphatic heterocycles. The summed E-state index contributed by atoms with van der Waals surface area (Å²) in [6.45, 7) is -0.962. The van der Waals surface area contributed by atoms with Crippen LogP contribution in [-0.2, 0) is 0 Å². The summed E-state index contributed by atoms with van der Waals surface area (Å²) in [5.41, 5.74) is 0.676. The summed E-state index contributed by atoms with van der Waals surface area (Å²) in [4.78, 5) is 0. The Balaban J connectivity index is 2.44. The minimum absolute atomic E-state index is 0.0267. The molecule has 0 spiro atoms. The van der Waals surface area contributed by atoms with E-state index in [1.165, 1.54) is 12.1 Å². The van der Waals surface area contributed by atoms with Crippen molar-refractivity contribution in [2.45, 2.75) is 38.6 Å². The highest BCUT2D eigenvalue weighted by molar-refractivity contribution is 5.30. The van der Waals surface area contributed by atoms with Gasteiger partial charge in [0.15, 0.2) is 0 Å². The zero-order valence-corrected chi connectivity index (χ0v) is 10.9. The number of rotatable bonds is 7. The first-order chi connectivity index (χ1) is 9.28. The molecule has 7 heteroatoms. The summed E-state index contributed by atoms with van der Waals surface area (Å²) in [7, 11) is 0. The maximum atomic E-state index is 12.1. The van der Waals surface area contributed by atoms with E-state index in [1.54, 1.807) is 19.1 Å². The lowest BCUT2D eigenvalue weighted by Crippen LogP contribution is -2.21. The van der Waals surface area contributed by atoms with Gasteiger partial charge < -0.3 is 10.1 Å². The summed E-state index contributed by atoms with van der Waals surface area (Å²) in [5, 5.41) is 2.91. The molecule has 0 aliphatic carbocycles. The monoisotopic (exact) mass is 297 g/mol. The summed E-state index contributed by atoms with van der Waals surface area (Å²) in [6, 6.07) is 5.84. The van der Waals surface area contributed by atoms with Crippen LogP contribution in [0, 0.1) is 0 Å². The number of hydrogen-bond donors (Lipinski definition) is 1. The Morgan fingerprint density at radius 2 is 1.95 bits per heavy atom. The fraction of sp³-hybridized carbons (Fsp3) is 0.538.